The van der Waals surface area contributed by atoms with Crippen molar-refractivity contribution < 1.29 is 0 Å². The van der Waals surface area contributed by atoms with Crippen LogP contribution in [-0.2, 0) is 0 Å². The molecule has 0 aliphatic rings. The molecule has 0 aliphatic carbocycles. The van der Waals surface area contributed by atoms with Crippen molar-refractivity contribution in [1.29, 1.82) is 0 Å². The molecule has 106 valence electrons. The van der Waals surface area contributed by atoms with Gasteiger partial charge in [0.05, 0.1) is 0 Å². The Labute approximate surface area is 126 Å². The van der Waals surface area contributed by atoms with Crippen molar-refractivity contribution in [2.45, 2.75) is 32.2 Å². The Hall–Kier alpha value is -1.31. The molecule has 0 amide bonds. The van der Waals surface area contributed by atoms with Crippen LogP contribution in [0.4, 0.5) is 0 Å². The van der Waals surface area contributed by atoms with Crippen LogP contribution in [0.15, 0.2) is 54.6 Å². The molecule has 2 rings (SSSR count). The Kier molecular flexibility index (Phi) is 5.22. The highest BCUT2D eigenvalue weighted by atomic mass is 35.5. The predicted octanol–water partition coefficient (Wildman–Crippen LogP) is 5.17. The lowest BCUT2D eigenvalue weighted by atomic mass is 9.78. The van der Waals surface area contributed by atoms with Crippen LogP contribution in [0.1, 0.15) is 43.4 Å². The summed E-state index contributed by atoms with van der Waals surface area (Å²) < 4.78 is 0. The lowest BCUT2D eigenvalue weighted by Crippen LogP contribution is -2.25. The van der Waals surface area contributed by atoms with Crippen molar-refractivity contribution in [2.75, 3.05) is 0 Å². The first-order valence-electron chi connectivity index (χ1n) is 7.19. The van der Waals surface area contributed by atoms with E-state index in [1.54, 1.807) is 0 Å². The summed E-state index contributed by atoms with van der Waals surface area (Å²) in [6.45, 7) is 4.48. The summed E-state index contributed by atoms with van der Waals surface area (Å²) in [5.41, 5.74) is 8.96. The van der Waals surface area contributed by atoms with E-state index in [0.29, 0.717) is 11.8 Å². The zero-order valence-electron chi connectivity index (χ0n) is 12.1. The number of rotatable bonds is 5. The van der Waals surface area contributed by atoms with Crippen LogP contribution in [0, 0.1) is 5.92 Å². The molecule has 0 aliphatic heterocycles. The smallest absolute Gasteiger partial charge is 0.0409 e. The normalized spacial score (nSPS) is 15.6. The minimum atomic E-state index is -0.0361. The minimum absolute atomic E-state index is 0.0361. The van der Waals surface area contributed by atoms with Crippen molar-refractivity contribution in [3.63, 3.8) is 0 Å². The van der Waals surface area contributed by atoms with Crippen LogP contribution in [-0.4, -0.2) is 0 Å². The molecule has 2 aromatic carbocycles. The first-order chi connectivity index (χ1) is 9.63. The molecule has 3 unspecified atom stereocenters. The zero-order valence-corrected chi connectivity index (χ0v) is 12.8. The van der Waals surface area contributed by atoms with Gasteiger partial charge in [-0.3, -0.25) is 0 Å². The molecule has 0 heterocycles. The van der Waals surface area contributed by atoms with Gasteiger partial charge in [0, 0.05) is 17.0 Å². The Balaban J connectivity index is 2.36. The van der Waals surface area contributed by atoms with Gasteiger partial charge in [-0.05, 0) is 29.2 Å². The SMILES string of the molecule is CCC(C)C(c1ccccc1)C(N)c1cccc(Cl)c1. The van der Waals surface area contributed by atoms with Gasteiger partial charge in [-0.1, -0.05) is 74.3 Å². The van der Waals surface area contributed by atoms with Gasteiger partial charge >= 0.3 is 0 Å². The third kappa shape index (κ3) is 3.41. The van der Waals surface area contributed by atoms with E-state index in [9.17, 15) is 0 Å². The standard InChI is InChI=1S/C18H22ClN/c1-3-13(2)17(14-8-5-4-6-9-14)18(20)15-10-7-11-16(19)12-15/h4-13,17-18H,3,20H2,1-2H3. The second kappa shape index (κ2) is 6.92. The number of hydrogen-bond acceptors (Lipinski definition) is 1. The number of nitrogens with two attached hydrogens (primary N) is 1. The summed E-state index contributed by atoms with van der Waals surface area (Å²) >= 11 is 6.10. The molecule has 1 nitrogen and oxygen atoms in total. The molecule has 0 spiro atoms. The third-order valence-corrected chi connectivity index (χ3v) is 4.30. The lowest BCUT2D eigenvalue weighted by Gasteiger charge is -2.30. The van der Waals surface area contributed by atoms with E-state index in [4.69, 9.17) is 17.3 Å². The fourth-order valence-electron chi connectivity index (χ4n) is 2.74. The van der Waals surface area contributed by atoms with E-state index in [2.05, 4.69) is 44.2 Å². The average Bonchev–Trinajstić information content (AvgIpc) is 2.48. The van der Waals surface area contributed by atoms with E-state index in [1.165, 1.54) is 5.56 Å². The number of hydrogen-bond donors (Lipinski definition) is 1. The molecule has 0 saturated heterocycles. The molecular formula is C18H22ClN. The fourth-order valence-corrected chi connectivity index (χ4v) is 2.94. The van der Waals surface area contributed by atoms with Crippen LogP contribution in [0.2, 0.25) is 5.02 Å². The van der Waals surface area contributed by atoms with E-state index in [0.717, 1.165) is 17.0 Å². The summed E-state index contributed by atoms with van der Waals surface area (Å²) in [6, 6.07) is 18.4. The van der Waals surface area contributed by atoms with Gasteiger partial charge in [-0.2, -0.15) is 0 Å². The van der Waals surface area contributed by atoms with E-state index >= 15 is 0 Å². The predicted molar refractivity (Wildman–Crippen MR) is 87.0 cm³/mol. The Morgan fingerprint density at radius 2 is 1.65 bits per heavy atom. The van der Waals surface area contributed by atoms with Crippen LogP contribution in [0.25, 0.3) is 0 Å². The summed E-state index contributed by atoms with van der Waals surface area (Å²) in [4.78, 5) is 0. The fraction of sp³-hybridized carbons (Fsp3) is 0.333. The highest BCUT2D eigenvalue weighted by Gasteiger charge is 2.26. The molecule has 0 radical (unpaired) electrons. The second-order valence-corrected chi connectivity index (χ2v) is 5.84. The number of benzene rings is 2. The number of halogens is 1. The van der Waals surface area contributed by atoms with Crippen molar-refractivity contribution in [2.24, 2.45) is 11.7 Å². The van der Waals surface area contributed by atoms with Crippen molar-refractivity contribution in [3.8, 4) is 0 Å². The van der Waals surface area contributed by atoms with E-state index in [-0.39, 0.29) is 6.04 Å². The van der Waals surface area contributed by atoms with Gasteiger partial charge in [0.25, 0.3) is 0 Å². The highest BCUT2D eigenvalue weighted by Crippen LogP contribution is 2.37. The van der Waals surface area contributed by atoms with Crippen LogP contribution >= 0.6 is 11.6 Å². The van der Waals surface area contributed by atoms with Crippen molar-refractivity contribution in [1.82, 2.24) is 0 Å². The van der Waals surface area contributed by atoms with Crippen LogP contribution in [0.3, 0.4) is 0 Å². The Morgan fingerprint density at radius 3 is 2.25 bits per heavy atom. The first-order valence-corrected chi connectivity index (χ1v) is 7.57. The topological polar surface area (TPSA) is 26.0 Å². The Bertz CT molecular complexity index is 538. The highest BCUT2D eigenvalue weighted by molar-refractivity contribution is 6.30. The Morgan fingerprint density at radius 1 is 1.00 bits per heavy atom. The largest absolute Gasteiger partial charge is 0.323 e. The van der Waals surface area contributed by atoms with Crippen molar-refractivity contribution in [3.05, 3.63) is 70.7 Å². The summed E-state index contributed by atoms with van der Waals surface area (Å²) in [7, 11) is 0. The molecule has 0 aromatic heterocycles. The zero-order chi connectivity index (χ0) is 14.5. The maximum Gasteiger partial charge on any atom is 0.0409 e. The average molecular weight is 288 g/mol. The monoisotopic (exact) mass is 287 g/mol. The van der Waals surface area contributed by atoms with Crippen molar-refractivity contribution >= 4 is 11.6 Å². The van der Waals surface area contributed by atoms with E-state index in [1.807, 2.05) is 24.3 Å². The lowest BCUT2D eigenvalue weighted by molar-refractivity contribution is 0.388. The van der Waals surface area contributed by atoms with Gasteiger partial charge in [0.15, 0.2) is 0 Å². The van der Waals surface area contributed by atoms with E-state index < -0.39 is 0 Å². The molecular weight excluding hydrogens is 266 g/mol. The quantitative estimate of drug-likeness (QED) is 0.806. The first kappa shape index (κ1) is 15.1. The van der Waals surface area contributed by atoms with Gasteiger partial charge in [-0.15, -0.1) is 0 Å². The second-order valence-electron chi connectivity index (χ2n) is 5.40. The molecule has 2 heteroatoms. The third-order valence-electron chi connectivity index (χ3n) is 4.06. The summed E-state index contributed by atoms with van der Waals surface area (Å²) in [6.07, 6.45) is 1.10. The molecule has 20 heavy (non-hydrogen) atoms. The minimum Gasteiger partial charge on any atom is -0.323 e. The summed E-state index contributed by atoms with van der Waals surface area (Å²) in [5, 5.41) is 0.744. The van der Waals surface area contributed by atoms with Gasteiger partial charge in [-0.25, -0.2) is 0 Å². The maximum absolute atomic E-state index is 6.56. The van der Waals surface area contributed by atoms with Gasteiger partial charge in [0.1, 0.15) is 0 Å². The van der Waals surface area contributed by atoms with Crippen LogP contribution in [0.5, 0.6) is 0 Å². The van der Waals surface area contributed by atoms with Gasteiger partial charge < -0.3 is 5.73 Å². The molecule has 2 N–H and O–H groups in total. The summed E-state index contributed by atoms with van der Waals surface area (Å²) in [5.74, 6) is 0.825. The van der Waals surface area contributed by atoms with Crippen LogP contribution < -0.4 is 5.73 Å². The molecule has 0 bridgehead atoms. The molecule has 2 aromatic rings. The van der Waals surface area contributed by atoms with Gasteiger partial charge in [0.2, 0.25) is 0 Å². The molecule has 0 saturated carbocycles. The molecule has 3 atom stereocenters. The maximum atomic E-state index is 6.56. The molecule has 0 fully saturated rings.